The van der Waals surface area contributed by atoms with Crippen LogP contribution in [0.3, 0.4) is 0 Å². The highest BCUT2D eigenvalue weighted by atomic mass is 16.5. The maximum atomic E-state index is 11.5. The molecule has 1 aliphatic heterocycles. The van der Waals surface area contributed by atoms with E-state index >= 15 is 0 Å². The van der Waals surface area contributed by atoms with Gasteiger partial charge in [0.1, 0.15) is 6.04 Å². The molecule has 0 aliphatic carbocycles. The molecule has 1 rings (SSSR count). The van der Waals surface area contributed by atoms with E-state index in [1.807, 2.05) is 0 Å². The van der Waals surface area contributed by atoms with Crippen molar-refractivity contribution in [1.82, 2.24) is 10.6 Å². The molecule has 0 spiro atoms. The van der Waals surface area contributed by atoms with Crippen LogP contribution in [0.15, 0.2) is 0 Å². The maximum Gasteiger partial charge on any atom is 0.326 e. The smallest absolute Gasteiger partial charge is 0.326 e. The number of ether oxygens (including phenoxy) is 2. The van der Waals surface area contributed by atoms with Crippen LogP contribution in [0, 0.1) is 0 Å². The van der Waals surface area contributed by atoms with Crippen molar-refractivity contribution in [1.29, 1.82) is 0 Å². The van der Waals surface area contributed by atoms with E-state index in [1.54, 1.807) is 0 Å². The first-order valence-corrected chi connectivity index (χ1v) is 6.48. The van der Waals surface area contributed by atoms with E-state index in [-0.39, 0.29) is 6.10 Å². The summed E-state index contributed by atoms with van der Waals surface area (Å²) in [4.78, 5) is 33.4. The molecule has 20 heavy (non-hydrogen) atoms. The van der Waals surface area contributed by atoms with Crippen molar-refractivity contribution < 1.29 is 29.0 Å². The molecule has 2 atom stereocenters. The molecule has 1 aliphatic rings. The van der Waals surface area contributed by atoms with Crippen LogP contribution in [0.1, 0.15) is 25.7 Å². The van der Waals surface area contributed by atoms with Gasteiger partial charge < -0.3 is 25.2 Å². The van der Waals surface area contributed by atoms with E-state index in [0.29, 0.717) is 13.0 Å². The lowest BCUT2D eigenvalue weighted by Gasteiger charge is -2.15. The highest BCUT2D eigenvalue weighted by molar-refractivity contribution is 5.86. The summed E-state index contributed by atoms with van der Waals surface area (Å²) in [6, 6.07) is -1.93. The van der Waals surface area contributed by atoms with Crippen molar-refractivity contribution in [3.05, 3.63) is 0 Å². The quantitative estimate of drug-likeness (QED) is 0.562. The average molecular weight is 288 g/mol. The number of hydrogen-bond acceptors (Lipinski definition) is 5. The summed E-state index contributed by atoms with van der Waals surface area (Å²) in [6.45, 7) is 1.14. The summed E-state index contributed by atoms with van der Waals surface area (Å²) < 4.78 is 9.76. The standard InChI is InChI=1S/C12H20N2O6/c1-19-10(15)7-9(11(16)17)14-12(18)13-5-4-8-3-2-6-20-8/h8-9H,2-7H2,1H3,(H,16,17)(H2,13,14,18)/t8?,9-/m0/s1. The topological polar surface area (TPSA) is 114 Å². The Morgan fingerprint density at radius 2 is 2.20 bits per heavy atom. The summed E-state index contributed by atoms with van der Waals surface area (Å²) in [5.41, 5.74) is 0. The molecule has 3 N–H and O–H groups in total. The molecule has 0 aromatic carbocycles. The van der Waals surface area contributed by atoms with Crippen LogP contribution in [0.4, 0.5) is 4.79 Å². The fraction of sp³-hybridized carbons (Fsp3) is 0.750. The van der Waals surface area contributed by atoms with Gasteiger partial charge in [0, 0.05) is 13.2 Å². The summed E-state index contributed by atoms with van der Waals surface area (Å²) in [5.74, 6) is -1.98. The molecule has 0 bridgehead atoms. The van der Waals surface area contributed by atoms with Crippen molar-refractivity contribution in [2.24, 2.45) is 0 Å². The number of carboxylic acid groups (broad SMARTS) is 1. The van der Waals surface area contributed by atoms with Crippen LogP contribution in [0.5, 0.6) is 0 Å². The number of methoxy groups -OCH3 is 1. The highest BCUT2D eigenvalue weighted by Crippen LogP contribution is 2.14. The molecule has 114 valence electrons. The van der Waals surface area contributed by atoms with Crippen molar-refractivity contribution in [3.8, 4) is 0 Å². The van der Waals surface area contributed by atoms with Crippen molar-refractivity contribution >= 4 is 18.0 Å². The van der Waals surface area contributed by atoms with Gasteiger partial charge in [-0.1, -0.05) is 0 Å². The minimum Gasteiger partial charge on any atom is -0.480 e. The maximum absolute atomic E-state index is 11.5. The monoisotopic (exact) mass is 288 g/mol. The van der Waals surface area contributed by atoms with Crippen molar-refractivity contribution in [3.63, 3.8) is 0 Å². The molecule has 0 aromatic rings. The summed E-state index contributed by atoms with van der Waals surface area (Å²) in [6.07, 6.45) is 2.42. The van der Waals surface area contributed by atoms with Crippen LogP contribution in [0.25, 0.3) is 0 Å². The summed E-state index contributed by atoms with van der Waals surface area (Å²) in [7, 11) is 1.16. The third kappa shape index (κ3) is 5.87. The lowest BCUT2D eigenvalue weighted by atomic mass is 10.2. The molecule has 1 heterocycles. The number of amides is 2. The third-order valence-electron chi connectivity index (χ3n) is 2.98. The van der Waals surface area contributed by atoms with Gasteiger partial charge in [-0.05, 0) is 19.3 Å². The Morgan fingerprint density at radius 1 is 1.45 bits per heavy atom. The number of urea groups is 1. The Balaban J connectivity index is 2.26. The number of carbonyl (C=O) groups is 3. The van der Waals surface area contributed by atoms with Gasteiger partial charge >= 0.3 is 18.0 Å². The SMILES string of the molecule is COC(=O)C[C@H](NC(=O)NCCC1CCCO1)C(=O)O. The Hall–Kier alpha value is -1.83. The van der Waals surface area contributed by atoms with Crippen LogP contribution < -0.4 is 10.6 Å². The lowest BCUT2D eigenvalue weighted by Crippen LogP contribution is -2.47. The second-order valence-electron chi connectivity index (χ2n) is 4.50. The van der Waals surface area contributed by atoms with Gasteiger partial charge in [0.15, 0.2) is 0 Å². The molecule has 0 aromatic heterocycles. The Bertz CT molecular complexity index is 354. The average Bonchev–Trinajstić information content (AvgIpc) is 2.90. The largest absolute Gasteiger partial charge is 0.480 e. The number of carboxylic acids is 1. The molecule has 1 fully saturated rings. The third-order valence-corrected chi connectivity index (χ3v) is 2.98. The Kier molecular flexibility index (Phi) is 6.78. The molecule has 1 unspecified atom stereocenters. The lowest BCUT2D eigenvalue weighted by molar-refractivity contribution is -0.147. The van der Waals surface area contributed by atoms with Crippen LogP contribution in [-0.2, 0) is 19.1 Å². The van der Waals surface area contributed by atoms with Gasteiger partial charge in [-0.25, -0.2) is 9.59 Å². The van der Waals surface area contributed by atoms with Gasteiger partial charge in [-0.15, -0.1) is 0 Å². The predicted octanol–water partition coefficient (Wildman–Crippen LogP) is -0.129. The minimum absolute atomic E-state index is 0.153. The molecule has 2 amide bonds. The molecule has 0 radical (unpaired) electrons. The summed E-state index contributed by atoms with van der Waals surface area (Å²) >= 11 is 0. The fourth-order valence-electron chi connectivity index (χ4n) is 1.88. The number of esters is 1. The number of rotatable bonds is 7. The predicted molar refractivity (Wildman–Crippen MR) is 68.2 cm³/mol. The summed E-state index contributed by atoms with van der Waals surface area (Å²) in [5, 5.41) is 13.7. The van der Waals surface area contributed by atoms with Crippen LogP contribution in [-0.4, -0.2) is 55.5 Å². The second kappa shape index (κ2) is 8.36. The van der Waals surface area contributed by atoms with Crippen molar-refractivity contribution in [2.75, 3.05) is 20.3 Å². The zero-order valence-electron chi connectivity index (χ0n) is 11.4. The first-order valence-electron chi connectivity index (χ1n) is 6.48. The first kappa shape index (κ1) is 16.2. The number of aliphatic carboxylic acids is 1. The van der Waals surface area contributed by atoms with Gasteiger partial charge in [0.2, 0.25) is 0 Å². The zero-order valence-corrected chi connectivity index (χ0v) is 11.4. The zero-order chi connectivity index (χ0) is 15.0. The van der Waals surface area contributed by atoms with E-state index in [9.17, 15) is 14.4 Å². The highest BCUT2D eigenvalue weighted by Gasteiger charge is 2.23. The molecular weight excluding hydrogens is 268 g/mol. The second-order valence-corrected chi connectivity index (χ2v) is 4.50. The normalized spacial score (nSPS) is 19.1. The number of hydrogen-bond donors (Lipinski definition) is 3. The molecular formula is C12H20N2O6. The van der Waals surface area contributed by atoms with E-state index in [4.69, 9.17) is 9.84 Å². The molecule has 1 saturated heterocycles. The van der Waals surface area contributed by atoms with E-state index in [1.165, 1.54) is 0 Å². The fourth-order valence-corrected chi connectivity index (χ4v) is 1.88. The van der Waals surface area contributed by atoms with E-state index in [0.717, 1.165) is 26.6 Å². The van der Waals surface area contributed by atoms with E-state index < -0.39 is 30.4 Å². The van der Waals surface area contributed by atoms with Crippen LogP contribution >= 0.6 is 0 Å². The Morgan fingerprint density at radius 3 is 2.75 bits per heavy atom. The minimum atomic E-state index is -1.30. The van der Waals surface area contributed by atoms with Gasteiger partial charge in [-0.3, -0.25) is 4.79 Å². The van der Waals surface area contributed by atoms with E-state index in [2.05, 4.69) is 15.4 Å². The van der Waals surface area contributed by atoms with Crippen LogP contribution in [0.2, 0.25) is 0 Å². The Labute approximate surface area is 116 Å². The van der Waals surface area contributed by atoms with Gasteiger partial charge in [0.25, 0.3) is 0 Å². The molecule has 8 nitrogen and oxygen atoms in total. The molecule has 0 saturated carbocycles. The number of carbonyl (C=O) groups excluding carboxylic acids is 2. The first-order chi connectivity index (χ1) is 9.52. The van der Waals surface area contributed by atoms with Gasteiger partial charge in [0.05, 0.1) is 19.6 Å². The number of nitrogens with one attached hydrogen (secondary N) is 2. The van der Waals surface area contributed by atoms with Gasteiger partial charge in [-0.2, -0.15) is 0 Å². The molecule has 8 heteroatoms. The van der Waals surface area contributed by atoms with Crippen molar-refractivity contribution in [2.45, 2.75) is 37.8 Å².